The molecule has 2 atom stereocenters. The maximum absolute atomic E-state index is 11.9. The zero-order chi connectivity index (χ0) is 12.6. The molecule has 0 aromatic carbocycles. The van der Waals surface area contributed by atoms with Crippen LogP contribution in [0, 0.1) is 11.8 Å². The van der Waals surface area contributed by atoms with Gasteiger partial charge in [0, 0.05) is 19.6 Å². The standard InChI is InChI=1S/C12H20N2O3/c1-12(2,3)17-11(16)14-6-8-4-5-13-10(15)9(8)7-14/h8-9H,4-7H2,1-3H3,(H,13,15). The van der Waals surface area contributed by atoms with Gasteiger partial charge in [-0.25, -0.2) is 4.79 Å². The van der Waals surface area contributed by atoms with Gasteiger partial charge in [-0.3, -0.25) is 4.79 Å². The summed E-state index contributed by atoms with van der Waals surface area (Å²) in [5.41, 5.74) is -0.479. The van der Waals surface area contributed by atoms with E-state index in [1.165, 1.54) is 0 Å². The fourth-order valence-corrected chi connectivity index (χ4v) is 2.45. The second-order valence-corrected chi connectivity index (χ2v) is 5.83. The van der Waals surface area contributed by atoms with Crippen LogP contribution in [-0.2, 0) is 9.53 Å². The van der Waals surface area contributed by atoms with Crippen LogP contribution in [0.15, 0.2) is 0 Å². The molecule has 2 fully saturated rings. The van der Waals surface area contributed by atoms with Crippen LogP contribution >= 0.6 is 0 Å². The monoisotopic (exact) mass is 240 g/mol. The number of amides is 2. The minimum Gasteiger partial charge on any atom is -0.444 e. The lowest BCUT2D eigenvalue weighted by Crippen LogP contribution is -2.41. The van der Waals surface area contributed by atoms with Crippen LogP contribution in [0.2, 0.25) is 0 Å². The maximum atomic E-state index is 11.9. The summed E-state index contributed by atoms with van der Waals surface area (Å²) in [4.78, 5) is 25.2. The van der Waals surface area contributed by atoms with Crippen LogP contribution in [0.1, 0.15) is 27.2 Å². The van der Waals surface area contributed by atoms with E-state index in [4.69, 9.17) is 4.74 Å². The second-order valence-electron chi connectivity index (χ2n) is 5.83. The quantitative estimate of drug-likeness (QED) is 0.687. The summed E-state index contributed by atoms with van der Waals surface area (Å²) in [6, 6.07) is 0. The first-order valence-corrected chi connectivity index (χ1v) is 6.12. The van der Waals surface area contributed by atoms with E-state index in [0.717, 1.165) is 13.0 Å². The Labute approximate surface area is 101 Å². The minimum absolute atomic E-state index is 0.0451. The summed E-state index contributed by atoms with van der Waals surface area (Å²) < 4.78 is 5.32. The van der Waals surface area contributed by atoms with E-state index in [2.05, 4.69) is 5.32 Å². The van der Waals surface area contributed by atoms with Crippen molar-refractivity contribution in [1.82, 2.24) is 10.2 Å². The van der Waals surface area contributed by atoms with Gasteiger partial charge in [-0.2, -0.15) is 0 Å². The third kappa shape index (κ3) is 2.70. The van der Waals surface area contributed by atoms with Crippen LogP contribution in [0.5, 0.6) is 0 Å². The Morgan fingerprint density at radius 2 is 2.12 bits per heavy atom. The molecule has 2 heterocycles. The van der Waals surface area contributed by atoms with E-state index in [-0.39, 0.29) is 17.9 Å². The number of nitrogens with one attached hydrogen (secondary N) is 1. The normalized spacial score (nSPS) is 28.6. The minimum atomic E-state index is -0.479. The van der Waals surface area contributed by atoms with Crippen molar-refractivity contribution in [3.05, 3.63) is 0 Å². The molecule has 0 bridgehead atoms. The Bertz CT molecular complexity index is 335. The molecule has 2 unspecified atom stereocenters. The second kappa shape index (κ2) is 4.20. The molecular formula is C12H20N2O3. The zero-order valence-corrected chi connectivity index (χ0v) is 10.7. The highest BCUT2D eigenvalue weighted by Gasteiger charge is 2.42. The van der Waals surface area contributed by atoms with Crippen LogP contribution in [-0.4, -0.2) is 42.1 Å². The molecule has 0 spiro atoms. The van der Waals surface area contributed by atoms with Crippen LogP contribution in [0.3, 0.4) is 0 Å². The molecule has 2 saturated heterocycles. The predicted molar refractivity (Wildman–Crippen MR) is 62.4 cm³/mol. The van der Waals surface area contributed by atoms with E-state index >= 15 is 0 Å². The van der Waals surface area contributed by atoms with Gasteiger partial charge in [0.1, 0.15) is 5.60 Å². The predicted octanol–water partition coefficient (Wildman–Crippen LogP) is 0.989. The molecule has 5 heteroatoms. The molecule has 1 N–H and O–H groups in total. The van der Waals surface area contributed by atoms with Gasteiger partial charge in [0.25, 0.3) is 0 Å². The summed E-state index contributed by atoms with van der Waals surface area (Å²) in [5, 5.41) is 2.84. The molecule has 2 rings (SSSR count). The third-order valence-electron chi connectivity index (χ3n) is 3.24. The lowest BCUT2D eigenvalue weighted by Gasteiger charge is -2.24. The van der Waals surface area contributed by atoms with Crippen molar-refractivity contribution in [3.8, 4) is 0 Å². The summed E-state index contributed by atoms with van der Waals surface area (Å²) in [6.45, 7) is 7.41. The van der Waals surface area contributed by atoms with Gasteiger partial charge < -0.3 is 15.0 Å². The summed E-state index contributed by atoms with van der Waals surface area (Å²) in [7, 11) is 0. The number of hydrogen-bond donors (Lipinski definition) is 1. The van der Waals surface area contributed by atoms with Crippen molar-refractivity contribution in [3.63, 3.8) is 0 Å². The number of rotatable bonds is 0. The van der Waals surface area contributed by atoms with Crippen molar-refractivity contribution >= 4 is 12.0 Å². The maximum Gasteiger partial charge on any atom is 0.410 e. The third-order valence-corrected chi connectivity index (χ3v) is 3.24. The van der Waals surface area contributed by atoms with Gasteiger partial charge in [0.15, 0.2) is 0 Å². The number of piperidine rings is 1. The topological polar surface area (TPSA) is 58.6 Å². The molecule has 2 amide bonds. The highest BCUT2D eigenvalue weighted by Crippen LogP contribution is 2.29. The van der Waals surface area contributed by atoms with E-state index in [1.807, 2.05) is 20.8 Å². The molecule has 0 saturated carbocycles. The SMILES string of the molecule is CC(C)(C)OC(=O)N1CC2CCNC(=O)C2C1. The summed E-state index contributed by atoms with van der Waals surface area (Å²) in [5.74, 6) is 0.333. The average Bonchev–Trinajstić information content (AvgIpc) is 2.60. The number of ether oxygens (including phenoxy) is 1. The largest absolute Gasteiger partial charge is 0.444 e. The van der Waals surface area contributed by atoms with Crippen molar-refractivity contribution in [2.24, 2.45) is 11.8 Å². The van der Waals surface area contributed by atoms with E-state index in [9.17, 15) is 9.59 Å². The Kier molecular flexibility index (Phi) is 3.02. The molecule has 96 valence electrons. The van der Waals surface area contributed by atoms with Gasteiger partial charge in [0.2, 0.25) is 5.91 Å². The molecule has 0 radical (unpaired) electrons. The molecule has 0 aromatic rings. The number of nitrogens with zero attached hydrogens (tertiary/aromatic N) is 1. The van der Waals surface area contributed by atoms with E-state index < -0.39 is 5.60 Å². The first-order chi connectivity index (χ1) is 7.87. The molecule has 5 nitrogen and oxygen atoms in total. The smallest absolute Gasteiger partial charge is 0.410 e. The first kappa shape index (κ1) is 12.2. The molecule has 2 aliphatic heterocycles. The molecular weight excluding hydrogens is 220 g/mol. The molecule has 17 heavy (non-hydrogen) atoms. The van der Waals surface area contributed by atoms with Crippen LogP contribution < -0.4 is 5.32 Å². The number of likely N-dealkylation sites (tertiary alicyclic amines) is 1. The van der Waals surface area contributed by atoms with E-state index in [1.54, 1.807) is 4.90 Å². The molecule has 0 aromatic heterocycles. The Balaban J connectivity index is 1.97. The van der Waals surface area contributed by atoms with E-state index in [0.29, 0.717) is 19.0 Å². The summed E-state index contributed by atoms with van der Waals surface area (Å²) >= 11 is 0. The highest BCUT2D eigenvalue weighted by atomic mass is 16.6. The Morgan fingerprint density at radius 1 is 1.41 bits per heavy atom. The fraction of sp³-hybridized carbons (Fsp3) is 0.833. The van der Waals surface area contributed by atoms with Gasteiger partial charge in [-0.05, 0) is 33.1 Å². The van der Waals surface area contributed by atoms with Crippen LogP contribution in [0.25, 0.3) is 0 Å². The lowest BCUT2D eigenvalue weighted by molar-refractivity contribution is -0.127. The van der Waals surface area contributed by atoms with Gasteiger partial charge in [-0.15, -0.1) is 0 Å². The lowest BCUT2D eigenvalue weighted by atomic mass is 9.89. The van der Waals surface area contributed by atoms with Crippen molar-refractivity contribution < 1.29 is 14.3 Å². The molecule has 2 aliphatic rings. The number of hydrogen-bond acceptors (Lipinski definition) is 3. The van der Waals surface area contributed by atoms with Crippen molar-refractivity contribution in [1.29, 1.82) is 0 Å². The average molecular weight is 240 g/mol. The molecule has 0 aliphatic carbocycles. The number of carbonyl (C=O) groups is 2. The summed E-state index contributed by atoms with van der Waals surface area (Å²) in [6.07, 6.45) is 0.648. The Morgan fingerprint density at radius 3 is 2.71 bits per heavy atom. The van der Waals surface area contributed by atoms with Gasteiger partial charge >= 0.3 is 6.09 Å². The number of carbonyl (C=O) groups excluding carboxylic acids is 2. The van der Waals surface area contributed by atoms with Crippen LogP contribution in [0.4, 0.5) is 4.79 Å². The zero-order valence-electron chi connectivity index (χ0n) is 10.7. The first-order valence-electron chi connectivity index (χ1n) is 6.12. The van der Waals surface area contributed by atoms with Crippen molar-refractivity contribution in [2.75, 3.05) is 19.6 Å². The van der Waals surface area contributed by atoms with Gasteiger partial charge in [0.05, 0.1) is 5.92 Å². The van der Waals surface area contributed by atoms with Crippen molar-refractivity contribution in [2.45, 2.75) is 32.8 Å². The number of fused-ring (bicyclic) bond motifs is 1. The fourth-order valence-electron chi connectivity index (χ4n) is 2.45. The highest BCUT2D eigenvalue weighted by molar-refractivity contribution is 5.81. The Hall–Kier alpha value is -1.26. The van der Waals surface area contributed by atoms with Gasteiger partial charge in [-0.1, -0.05) is 0 Å².